The molecule has 0 saturated heterocycles. The second kappa shape index (κ2) is 8.13. The molecule has 1 aromatic rings. The number of hydrogen-bond donors (Lipinski definition) is 0. The molecule has 142 valence electrons. The summed E-state index contributed by atoms with van der Waals surface area (Å²) in [6.45, 7) is 23.4. The van der Waals surface area contributed by atoms with E-state index in [1.165, 1.54) is 16.7 Å². The Labute approximate surface area is 155 Å². The highest BCUT2D eigenvalue weighted by atomic mass is 16.7. The summed E-state index contributed by atoms with van der Waals surface area (Å²) in [5.41, 5.74) is 3.53. The lowest BCUT2D eigenvalue weighted by Gasteiger charge is -2.32. The molecule has 0 N–H and O–H groups in total. The Balaban J connectivity index is 3.47. The molecule has 0 heterocycles. The van der Waals surface area contributed by atoms with Gasteiger partial charge in [-0.25, -0.2) is 0 Å². The van der Waals surface area contributed by atoms with E-state index in [2.05, 4.69) is 60.6 Å². The highest BCUT2D eigenvalue weighted by Crippen LogP contribution is 2.41. The summed E-state index contributed by atoms with van der Waals surface area (Å²) in [5.74, 6) is 0.886. The predicted octanol–water partition coefficient (Wildman–Crippen LogP) is 5.80. The third-order valence-electron chi connectivity index (χ3n) is 3.83. The van der Waals surface area contributed by atoms with E-state index in [-0.39, 0.29) is 23.0 Å². The van der Waals surface area contributed by atoms with Crippen LogP contribution in [0.2, 0.25) is 0 Å². The first kappa shape index (κ1) is 22.0. The van der Waals surface area contributed by atoms with E-state index in [0.29, 0.717) is 0 Å². The van der Waals surface area contributed by atoms with Crippen molar-refractivity contribution in [2.24, 2.45) is 0 Å². The van der Waals surface area contributed by atoms with Gasteiger partial charge >= 0.3 is 7.32 Å². The monoisotopic (exact) mass is 348 g/mol. The van der Waals surface area contributed by atoms with Crippen LogP contribution in [0.3, 0.4) is 0 Å². The van der Waals surface area contributed by atoms with Gasteiger partial charge in [-0.1, -0.05) is 59.2 Å². The average molecular weight is 348 g/mol. The largest absolute Gasteiger partial charge is 0.713 e. The minimum Gasteiger partial charge on any atom is -0.511 e. The van der Waals surface area contributed by atoms with E-state index in [0.717, 1.165) is 5.75 Å². The van der Waals surface area contributed by atoms with Gasteiger partial charge in [0.25, 0.3) is 0 Å². The van der Waals surface area contributed by atoms with Crippen molar-refractivity contribution >= 4 is 7.32 Å². The Morgan fingerprint density at radius 1 is 0.760 bits per heavy atom. The minimum absolute atomic E-state index is 0.0189. The molecule has 0 fully saturated rings. The van der Waals surface area contributed by atoms with Gasteiger partial charge in [0.1, 0.15) is 5.75 Å². The van der Waals surface area contributed by atoms with Crippen LogP contribution in [0.5, 0.6) is 5.75 Å². The van der Waals surface area contributed by atoms with Crippen molar-refractivity contribution in [3.05, 3.63) is 28.8 Å². The van der Waals surface area contributed by atoms with Crippen LogP contribution < -0.4 is 4.65 Å². The summed E-state index contributed by atoms with van der Waals surface area (Å²) in [4.78, 5) is 0. The van der Waals surface area contributed by atoms with Crippen LogP contribution in [0.15, 0.2) is 12.1 Å². The summed E-state index contributed by atoms with van der Waals surface area (Å²) < 4.78 is 18.1. The highest BCUT2D eigenvalue weighted by Gasteiger charge is 2.33. The van der Waals surface area contributed by atoms with Gasteiger partial charge in [0, 0.05) is 12.2 Å². The van der Waals surface area contributed by atoms with Crippen LogP contribution in [-0.4, -0.2) is 19.5 Å². The molecule has 3 nitrogen and oxygen atoms in total. The molecule has 0 aliphatic carbocycles. The first-order valence-corrected chi connectivity index (χ1v) is 9.35. The lowest BCUT2D eigenvalue weighted by molar-refractivity contribution is 0.0839. The van der Waals surface area contributed by atoms with Gasteiger partial charge in [-0.05, 0) is 56.6 Å². The lowest BCUT2D eigenvalue weighted by Crippen LogP contribution is -2.37. The fraction of sp³-hybridized carbons (Fsp3) is 0.714. The fourth-order valence-electron chi connectivity index (χ4n) is 2.64. The van der Waals surface area contributed by atoms with E-state index in [9.17, 15) is 0 Å². The molecule has 0 bridgehead atoms. The first-order valence-electron chi connectivity index (χ1n) is 9.35. The van der Waals surface area contributed by atoms with E-state index < -0.39 is 7.32 Å². The van der Waals surface area contributed by atoms with Crippen molar-refractivity contribution < 1.29 is 14.0 Å². The van der Waals surface area contributed by atoms with Crippen molar-refractivity contribution in [3.8, 4) is 5.75 Å². The van der Waals surface area contributed by atoms with Crippen LogP contribution in [-0.2, 0) is 20.1 Å². The molecule has 0 aliphatic rings. The lowest BCUT2D eigenvalue weighted by atomic mass is 9.78. The normalized spacial score (nSPS) is 12.8. The molecule has 1 rings (SSSR count). The standard InChI is InChI=1S/C21H37BO3/c1-14(2)23-22(24-15(3)4)25-19-17(20(6,7)8)12-16(5)13-18(19)21(9,10)11/h12-15H,1-11H3. The summed E-state index contributed by atoms with van der Waals surface area (Å²) in [5, 5.41) is 0. The summed E-state index contributed by atoms with van der Waals surface area (Å²) >= 11 is 0. The molecular weight excluding hydrogens is 311 g/mol. The molecule has 0 unspecified atom stereocenters. The summed E-state index contributed by atoms with van der Waals surface area (Å²) in [6, 6.07) is 4.43. The van der Waals surface area contributed by atoms with Crippen molar-refractivity contribution in [1.82, 2.24) is 0 Å². The molecule has 0 spiro atoms. The predicted molar refractivity (Wildman–Crippen MR) is 107 cm³/mol. The molecule has 0 aliphatic heterocycles. The molecule has 1 aromatic carbocycles. The molecule has 0 amide bonds. The first-order chi connectivity index (χ1) is 11.2. The van der Waals surface area contributed by atoms with E-state index in [1.807, 2.05) is 27.7 Å². The number of benzene rings is 1. The van der Waals surface area contributed by atoms with E-state index in [1.54, 1.807) is 0 Å². The molecule has 4 heteroatoms. The van der Waals surface area contributed by atoms with Crippen LogP contribution in [0, 0.1) is 6.92 Å². The molecular formula is C21H37BO3. The van der Waals surface area contributed by atoms with Crippen molar-refractivity contribution in [1.29, 1.82) is 0 Å². The van der Waals surface area contributed by atoms with Gasteiger partial charge < -0.3 is 14.0 Å². The number of aryl methyl sites for hydroxylation is 1. The third kappa shape index (κ3) is 6.67. The maximum Gasteiger partial charge on any atom is 0.713 e. The average Bonchev–Trinajstić information content (AvgIpc) is 2.36. The quantitative estimate of drug-likeness (QED) is 0.608. The van der Waals surface area contributed by atoms with E-state index in [4.69, 9.17) is 14.0 Å². The Bertz CT molecular complexity index is 520. The second-order valence-electron chi connectivity index (χ2n) is 9.47. The minimum atomic E-state index is -0.718. The zero-order valence-corrected chi connectivity index (χ0v) is 18.1. The van der Waals surface area contributed by atoms with Crippen LogP contribution in [0.25, 0.3) is 0 Å². The van der Waals surface area contributed by atoms with Gasteiger partial charge in [-0.15, -0.1) is 0 Å². The Morgan fingerprint density at radius 2 is 1.12 bits per heavy atom. The van der Waals surface area contributed by atoms with Crippen molar-refractivity contribution in [2.45, 2.75) is 99.2 Å². The van der Waals surface area contributed by atoms with Crippen LogP contribution in [0.1, 0.15) is 85.9 Å². The number of rotatable bonds is 6. The Morgan fingerprint density at radius 3 is 1.40 bits per heavy atom. The van der Waals surface area contributed by atoms with Gasteiger partial charge in [0.2, 0.25) is 0 Å². The topological polar surface area (TPSA) is 27.7 Å². The van der Waals surface area contributed by atoms with Gasteiger partial charge in [-0.2, -0.15) is 0 Å². The van der Waals surface area contributed by atoms with E-state index >= 15 is 0 Å². The smallest absolute Gasteiger partial charge is 0.511 e. The van der Waals surface area contributed by atoms with Crippen LogP contribution in [0.4, 0.5) is 0 Å². The van der Waals surface area contributed by atoms with Gasteiger partial charge in [0.15, 0.2) is 0 Å². The molecule has 0 radical (unpaired) electrons. The third-order valence-corrected chi connectivity index (χ3v) is 3.83. The fourth-order valence-corrected chi connectivity index (χ4v) is 2.64. The molecule has 25 heavy (non-hydrogen) atoms. The Kier molecular flexibility index (Phi) is 7.17. The van der Waals surface area contributed by atoms with Gasteiger partial charge in [0.05, 0.1) is 0 Å². The highest BCUT2D eigenvalue weighted by molar-refractivity contribution is 6.37. The zero-order valence-electron chi connectivity index (χ0n) is 18.1. The van der Waals surface area contributed by atoms with Gasteiger partial charge in [-0.3, -0.25) is 0 Å². The summed E-state index contributed by atoms with van der Waals surface area (Å²) in [7, 11) is -0.718. The van der Waals surface area contributed by atoms with Crippen molar-refractivity contribution in [3.63, 3.8) is 0 Å². The van der Waals surface area contributed by atoms with Crippen LogP contribution >= 0.6 is 0 Å². The molecule has 0 aromatic heterocycles. The summed E-state index contributed by atoms with van der Waals surface area (Å²) in [6.07, 6.45) is 0.0377. The molecule has 0 atom stereocenters. The zero-order chi connectivity index (χ0) is 19.6. The second-order valence-corrected chi connectivity index (χ2v) is 9.47. The molecule has 0 saturated carbocycles. The maximum absolute atomic E-state index is 6.36. The Hall–Kier alpha value is -0.995. The number of hydrogen-bond acceptors (Lipinski definition) is 3. The maximum atomic E-state index is 6.36. The van der Waals surface area contributed by atoms with Crippen molar-refractivity contribution in [2.75, 3.05) is 0 Å². The SMILES string of the molecule is Cc1cc(C(C)(C)C)c(OB(OC(C)C)OC(C)C)c(C(C)(C)C)c1.